The van der Waals surface area contributed by atoms with Crippen LogP contribution in [-0.2, 0) is 0 Å². The summed E-state index contributed by atoms with van der Waals surface area (Å²) in [6.45, 7) is 13.2. The lowest BCUT2D eigenvalue weighted by molar-refractivity contribution is 0.664. The number of anilines is 2. The van der Waals surface area contributed by atoms with Gasteiger partial charge in [-0.3, -0.25) is 0 Å². The Kier molecular flexibility index (Phi) is 9.22. The zero-order valence-corrected chi connectivity index (χ0v) is 32.2. The van der Waals surface area contributed by atoms with Crippen LogP contribution in [0.5, 0.6) is 0 Å². The highest BCUT2D eigenvalue weighted by molar-refractivity contribution is 6.33. The average Bonchev–Trinajstić information content (AvgIpc) is 3.80. The predicted octanol–water partition coefficient (Wildman–Crippen LogP) is 13.7. The number of hydrogen-bond acceptors (Lipinski definition) is 6. The minimum Gasteiger partial charge on any atom is -0.454 e. The minimum atomic E-state index is 0.785. The van der Waals surface area contributed by atoms with Gasteiger partial charge in [-0.2, -0.15) is 0 Å². The summed E-state index contributed by atoms with van der Waals surface area (Å²) in [5.74, 6) is 0. The molecule has 3 heterocycles. The van der Waals surface area contributed by atoms with Gasteiger partial charge in [0.05, 0.1) is 0 Å². The van der Waals surface area contributed by atoms with Crippen LogP contribution in [0, 0.1) is 0 Å². The lowest BCUT2D eigenvalue weighted by atomic mass is 9.99. The van der Waals surface area contributed by atoms with Crippen LogP contribution in [-0.4, -0.2) is 36.1 Å². The Morgan fingerprint density at radius 2 is 0.796 bits per heavy atom. The molecule has 9 aromatic rings. The van der Waals surface area contributed by atoms with Crippen molar-refractivity contribution < 1.29 is 8.83 Å². The average molecular weight is 715 g/mol. The molecule has 3 aromatic heterocycles. The number of furan rings is 2. The van der Waals surface area contributed by atoms with E-state index in [1.54, 1.807) is 0 Å². The van der Waals surface area contributed by atoms with Gasteiger partial charge in [-0.1, -0.05) is 102 Å². The third-order valence-corrected chi connectivity index (χ3v) is 11.4. The zero-order valence-electron chi connectivity index (χ0n) is 32.2. The Bertz CT molecular complexity index is 2600. The molecule has 0 radical (unpaired) electrons. The predicted molar refractivity (Wildman–Crippen MR) is 231 cm³/mol. The third kappa shape index (κ3) is 5.69. The van der Waals surface area contributed by atoms with Crippen molar-refractivity contribution in [3.8, 4) is 0 Å². The van der Waals surface area contributed by atoms with Crippen molar-refractivity contribution >= 4 is 98.9 Å². The topological polar surface area (TPSA) is 58.5 Å². The van der Waals surface area contributed by atoms with E-state index in [0.29, 0.717) is 0 Å². The first-order chi connectivity index (χ1) is 26.6. The molecule has 0 amide bonds. The molecule has 0 fully saturated rings. The van der Waals surface area contributed by atoms with Crippen molar-refractivity contribution in [1.29, 1.82) is 0 Å². The van der Waals surface area contributed by atoms with Crippen LogP contribution >= 0.6 is 0 Å². The van der Waals surface area contributed by atoms with E-state index in [1.807, 2.05) is 0 Å². The van der Waals surface area contributed by atoms with E-state index < -0.39 is 0 Å². The molecule has 0 N–H and O–H groups in total. The van der Waals surface area contributed by atoms with Crippen LogP contribution in [0.1, 0.15) is 79.1 Å². The normalized spacial score (nSPS) is 12.2. The molecule has 0 unspecified atom stereocenters. The second kappa shape index (κ2) is 14.5. The molecule has 0 spiro atoms. The molecule has 0 atom stereocenters. The van der Waals surface area contributed by atoms with Crippen molar-refractivity contribution in [2.24, 2.45) is 0 Å². The lowest BCUT2D eigenvalue weighted by Crippen LogP contribution is -2.25. The van der Waals surface area contributed by atoms with Crippen molar-refractivity contribution in [3.63, 3.8) is 0 Å². The van der Waals surface area contributed by atoms with E-state index in [1.165, 1.54) is 62.7 Å². The number of fused-ring (bicyclic) bond motifs is 16. The van der Waals surface area contributed by atoms with Crippen LogP contribution in [0.25, 0.3) is 87.5 Å². The summed E-state index contributed by atoms with van der Waals surface area (Å²) in [7, 11) is 0. The minimum absolute atomic E-state index is 0.785. The molecule has 54 heavy (non-hydrogen) atoms. The van der Waals surface area contributed by atoms with Crippen LogP contribution in [0.2, 0.25) is 0 Å². The molecular formula is C48H50N4O2. The third-order valence-electron chi connectivity index (χ3n) is 11.4. The number of benzene rings is 6. The molecule has 0 saturated heterocycles. The van der Waals surface area contributed by atoms with Gasteiger partial charge in [-0.05, 0) is 60.7 Å². The van der Waals surface area contributed by atoms with Crippen molar-refractivity contribution in [2.75, 3.05) is 36.0 Å². The maximum Gasteiger partial charge on any atom is 0.163 e. The molecule has 9 rings (SSSR count). The Morgan fingerprint density at radius 3 is 1.17 bits per heavy atom. The van der Waals surface area contributed by atoms with Crippen molar-refractivity contribution in [2.45, 2.75) is 79.1 Å². The van der Waals surface area contributed by atoms with E-state index in [0.717, 1.165) is 114 Å². The van der Waals surface area contributed by atoms with Crippen molar-refractivity contribution in [1.82, 2.24) is 9.97 Å². The largest absolute Gasteiger partial charge is 0.454 e. The standard InChI is InChI=1S/C48H50N4O2/c1-5-9-25-51(26-10-6-2)31-21-23-37-39(29-31)53-47-41(37)33-17-13-15-19-35(33)43-45(47)49-44-36-20-16-14-18-34(36)42-38-24-22-32(52(27-11-7-3)28-12-8-4)30-40(38)54-48(42)46(44)50-43/h13-24,29-30H,5-12,25-28H2,1-4H3. The summed E-state index contributed by atoms with van der Waals surface area (Å²) in [5.41, 5.74) is 9.03. The summed E-state index contributed by atoms with van der Waals surface area (Å²) in [5, 5.41) is 8.80. The number of hydrogen-bond donors (Lipinski definition) is 0. The second-order valence-electron chi connectivity index (χ2n) is 15.1. The molecule has 6 heteroatoms. The van der Waals surface area contributed by atoms with Gasteiger partial charge in [0.1, 0.15) is 33.2 Å². The van der Waals surface area contributed by atoms with E-state index in [-0.39, 0.29) is 0 Å². The van der Waals surface area contributed by atoms with E-state index in [9.17, 15) is 0 Å². The van der Waals surface area contributed by atoms with Crippen molar-refractivity contribution in [3.05, 3.63) is 84.9 Å². The molecule has 274 valence electrons. The van der Waals surface area contributed by atoms with E-state index >= 15 is 0 Å². The Labute approximate surface area is 316 Å². The summed E-state index contributed by atoms with van der Waals surface area (Å²) in [6, 6.07) is 30.7. The van der Waals surface area contributed by atoms with Gasteiger partial charge in [-0.25, -0.2) is 9.97 Å². The van der Waals surface area contributed by atoms with Gasteiger partial charge < -0.3 is 18.6 Å². The van der Waals surface area contributed by atoms with Crippen LogP contribution in [0.4, 0.5) is 11.4 Å². The molecular weight excluding hydrogens is 665 g/mol. The fourth-order valence-electron chi connectivity index (χ4n) is 8.51. The monoisotopic (exact) mass is 714 g/mol. The molecule has 0 aliphatic heterocycles. The molecule has 0 aliphatic rings. The highest BCUT2D eigenvalue weighted by Crippen LogP contribution is 2.45. The molecule has 0 saturated carbocycles. The van der Waals surface area contributed by atoms with Gasteiger partial charge in [0, 0.05) is 82.0 Å². The SMILES string of the molecule is CCCCN(CCCC)c1ccc2c(c1)oc1c3nc4c5ccccc5c5c6ccc(N(CCCC)CCCC)cc6oc5c4nc3c3ccccc3c21. The highest BCUT2D eigenvalue weighted by atomic mass is 16.3. The maximum absolute atomic E-state index is 6.90. The zero-order chi connectivity index (χ0) is 36.8. The Balaban J connectivity index is 1.31. The van der Waals surface area contributed by atoms with Crippen LogP contribution in [0.15, 0.2) is 93.8 Å². The Hall–Kier alpha value is -5.36. The van der Waals surface area contributed by atoms with Gasteiger partial charge in [0.15, 0.2) is 11.2 Å². The fourth-order valence-corrected chi connectivity index (χ4v) is 8.51. The quantitative estimate of drug-likeness (QED) is 0.0825. The molecule has 0 aliphatic carbocycles. The number of nitrogens with zero attached hydrogens (tertiary/aromatic N) is 4. The summed E-state index contributed by atoms with van der Waals surface area (Å²) >= 11 is 0. The fraction of sp³-hybridized carbons (Fsp3) is 0.333. The summed E-state index contributed by atoms with van der Waals surface area (Å²) < 4.78 is 13.8. The molecule has 6 nitrogen and oxygen atoms in total. The first kappa shape index (κ1) is 34.4. The van der Waals surface area contributed by atoms with E-state index in [4.69, 9.17) is 18.8 Å². The molecule has 6 aromatic carbocycles. The summed E-state index contributed by atoms with van der Waals surface area (Å²) in [6.07, 6.45) is 9.38. The highest BCUT2D eigenvalue weighted by Gasteiger charge is 2.23. The van der Waals surface area contributed by atoms with E-state index in [2.05, 4.69) is 122 Å². The second-order valence-corrected chi connectivity index (χ2v) is 15.1. The van der Waals surface area contributed by atoms with Gasteiger partial charge in [-0.15, -0.1) is 0 Å². The summed E-state index contributed by atoms with van der Waals surface area (Å²) in [4.78, 5) is 16.1. The van der Waals surface area contributed by atoms with Gasteiger partial charge in [0.2, 0.25) is 0 Å². The number of rotatable bonds is 14. The van der Waals surface area contributed by atoms with Gasteiger partial charge >= 0.3 is 0 Å². The smallest absolute Gasteiger partial charge is 0.163 e. The molecule has 0 bridgehead atoms. The lowest BCUT2D eigenvalue weighted by Gasteiger charge is -2.24. The number of aromatic nitrogens is 2. The van der Waals surface area contributed by atoms with Crippen LogP contribution < -0.4 is 9.80 Å². The maximum atomic E-state index is 6.90. The van der Waals surface area contributed by atoms with Crippen LogP contribution in [0.3, 0.4) is 0 Å². The first-order valence-corrected chi connectivity index (χ1v) is 20.4. The first-order valence-electron chi connectivity index (χ1n) is 20.4. The van der Waals surface area contributed by atoms with Gasteiger partial charge in [0.25, 0.3) is 0 Å². The number of unbranched alkanes of at least 4 members (excludes halogenated alkanes) is 4. The Morgan fingerprint density at radius 1 is 0.426 bits per heavy atom.